The molecule has 0 bridgehead atoms. The van der Waals surface area contributed by atoms with Crippen LogP contribution >= 0.6 is 0 Å². The van der Waals surface area contributed by atoms with Crippen LogP contribution in [0.2, 0.25) is 0 Å². The highest BCUT2D eigenvalue weighted by Gasteiger charge is 2.18. The molecule has 0 amide bonds. The topological polar surface area (TPSA) is 55.0 Å². The lowest BCUT2D eigenvalue weighted by Gasteiger charge is -2.28. The Labute approximate surface area is 110 Å². The molecule has 4 nitrogen and oxygen atoms in total. The molecule has 100 valence electrons. The summed E-state index contributed by atoms with van der Waals surface area (Å²) < 4.78 is 0. The smallest absolute Gasteiger partial charge is 0.137 e. The Morgan fingerprint density at radius 2 is 1.83 bits per heavy atom. The third-order valence-electron chi connectivity index (χ3n) is 3.89. The van der Waals surface area contributed by atoms with Gasteiger partial charge in [-0.2, -0.15) is 0 Å². The highest BCUT2D eigenvalue weighted by Crippen LogP contribution is 2.27. The van der Waals surface area contributed by atoms with Gasteiger partial charge in [0.15, 0.2) is 0 Å². The Morgan fingerprint density at radius 1 is 1.17 bits per heavy atom. The second-order valence-corrected chi connectivity index (χ2v) is 5.49. The summed E-state index contributed by atoms with van der Waals surface area (Å²) in [7, 11) is 2.11. The Hall–Kier alpha value is -1.32. The number of hydrogen-bond donors (Lipinski definition) is 1. The molecular weight excluding hydrogens is 224 g/mol. The summed E-state index contributed by atoms with van der Waals surface area (Å²) in [5, 5.41) is 0. The number of nitrogen functional groups attached to an aromatic ring is 1. The Kier molecular flexibility index (Phi) is 4.04. The molecule has 2 N–H and O–H groups in total. The number of aryl methyl sites for hydroxylation is 1. The molecule has 0 aromatic carbocycles. The van der Waals surface area contributed by atoms with Crippen molar-refractivity contribution in [1.82, 2.24) is 9.97 Å². The molecule has 0 unspecified atom stereocenters. The zero-order valence-electron chi connectivity index (χ0n) is 11.7. The molecule has 1 aliphatic rings. The van der Waals surface area contributed by atoms with Gasteiger partial charge in [-0.15, -0.1) is 0 Å². The van der Waals surface area contributed by atoms with E-state index in [9.17, 15) is 0 Å². The summed E-state index contributed by atoms with van der Waals surface area (Å²) in [4.78, 5) is 11.0. The van der Waals surface area contributed by atoms with Crippen molar-refractivity contribution in [2.75, 3.05) is 24.2 Å². The first kappa shape index (κ1) is 13.1. The van der Waals surface area contributed by atoms with Crippen molar-refractivity contribution in [2.45, 2.75) is 46.0 Å². The van der Waals surface area contributed by atoms with Gasteiger partial charge >= 0.3 is 0 Å². The molecule has 1 heterocycles. The monoisotopic (exact) mass is 248 g/mol. The molecule has 0 atom stereocenters. The molecule has 0 radical (unpaired) electrons. The summed E-state index contributed by atoms with van der Waals surface area (Å²) in [5.74, 6) is 3.15. The second-order valence-electron chi connectivity index (χ2n) is 5.49. The molecule has 4 heteroatoms. The summed E-state index contributed by atoms with van der Waals surface area (Å²) in [6.07, 6.45) is 6.86. The van der Waals surface area contributed by atoms with E-state index in [1.807, 2.05) is 13.8 Å². The molecule has 1 aromatic rings. The third kappa shape index (κ3) is 2.92. The van der Waals surface area contributed by atoms with Gasteiger partial charge in [0, 0.05) is 19.2 Å². The van der Waals surface area contributed by atoms with Crippen LogP contribution in [0.3, 0.4) is 0 Å². The Bertz CT molecular complexity index is 411. The predicted molar refractivity (Wildman–Crippen MR) is 75.8 cm³/mol. The number of rotatable bonds is 3. The molecule has 0 saturated heterocycles. The molecule has 0 spiro atoms. The van der Waals surface area contributed by atoms with Gasteiger partial charge in [0.05, 0.1) is 0 Å². The van der Waals surface area contributed by atoms with Gasteiger partial charge in [-0.3, -0.25) is 0 Å². The fourth-order valence-corrected chi connectivity index (χ4v) is 2.85. The highest BCUT2D eigenvalue weighted by molar-refractivity contribution is 5.56. The van der Waals surface area contributed by atoms with E-state index in [1.54, 1.807) is 0 Å². The molecule has 0 aliphatic heterocycles. The maximum Gasteiger partial charge on any atom is 0.137 e. The largest absolute Gasteiger partial charge is 0.383 e. The van der Waals surface area contributed by atoms with Gasteiger partial charge in [0.1, 0.15) is 17.5 Å². The van der Waals surface area contributed by atoms with Crippen LogP contribution < -0.4 is 10.6 Å². The lowest BCUT2D eigenvalue weighted by Crippen LogP contribution is -2.28. The van der Waals surface area contributed by atoms with Crippen LogP contribution in [0.5, 0.6) is 0 Å². The van der Waals surface area contributed by atoms with Crippen LogP contribution in [0.15, 0.2) is 0 Å². The fourth-order valence-electron chi connectivity index (χ4n) is 2.85. The Balaban J connectivity index is 2.10. The maximum absolute atomic E-state index is 5.91. The van der Waals surface area contributed by atoms with Crippen molar-refractivity contribution in [1.29, 1.82) is 0 Å². The van der Waals surface area contributed by atoms with Gasteiger partial charge < -0.3 is 10.6 Å². The summed E-state index contributed by atoms with van der Waals surface area (Å²) >= 11 is 0. The molecule has 2 rings (SSSR count). The van der Waals surface area contributed by atoms with E-state index >= 15 is 0 Å². The van der Waals surface area contributed by atoms with E-state index in [4.69, 9.17) is 5.73 Å². The summed E-state index contributed by atoms with van der Waals surface area (Å²) in [5.41, 5.74) is 6.91. The minimum absolute atomic E-state index is 0.605. The van der Waals surface area contributed by atoms with Crippen molar-refractivity contribution in [3.63, 3.8) is 0 Å². The molecule has 1 aliphatic carbocycles. The van der Waals surface area contributed by atoms with Crippen LogP contribution in [0.1, 0.15) is 43.5 Å². The van der Waals surface area contributed by atoms with Crippen molar-refractivity contribution >= 4 is 11.6 Å². The van der Waals surface area contributed by atoms with Gasteiger partial charge in [0.25, 0.3) is 0 Å². The van der Waals surface area contributed by atoms with Crippen molar-refractivity contribution in [3.05, 3.63) is 11.4 Å². The van der Waals surface area contributed by atoms with Crippen LogP contribution in [-0.2, 0) is 0 Å². The maximum atomic E-state index is 5.91. The second kappa shape index (κ2) is 5.55. The summed E-state index contributed by atoms with van der Waals surface area (Å²) in [6.45, 7) is 4.98. The molecule has 18 heavy (non-hydrogen) atoms. The first-order valence-electron chi connectivity index (χ1n) is 6.89. The standard InChI is InChI=1S/C14H24N4/c1-10-13(15)16-11(2)17-14(10)18(3)9-12-7-5-4-6-8-12/h12H,4-9H2,1-3H3,(H2,15,16,17). The number of hydrogen-bond acceptors (Lipinski definition) is 4. The van der Waals surface area contributed by atoms with Crippen molar-refractivity contribution < 1.29 is 0 Å². The van der Waals surface area contributed by atoms with Gasteiger partial charge in [-0.1, -0.05) is 19.3 Å². The van der Waals surface area contributed by atoms with E-state index in [0.717, 1.165) is 29.7 Å². The van der Waals surface area contributed by atoms with Crippen molar-refractivity contribution in [2.24, 2.45) is 5.92 Å². The zero-order valence-corrected chi connectivity index (χ0v) is 11.7. The van der Waals surface area contributed by atoms with E-state index in [0.29, 0.717) is 5.82 Å². The minimum atomic E-state index is 0.605. The molecular formula is C14H24N4. The van der Waals surface area contributed by atoms with Gasteiger partial charge in [0.2, 0.25) is 0 Å². The van der Waals surface area contributed by atoms with E-state index < -0.39 is 0 Å². The van der Waals surface area contributed by atoms with Crippen LogP contribution in [0, 0.1) is 19.8 Å². The predicted octanol–water partition coefficient (Wildman–Crippen LogP) is 2.69. The highest BCUT2D eigenvalue weighted by atomic mass is 15.2. The molecule has 1 fully saturated rings. The quantitative estimate of drug-likeness (QED) is 0.893. The lowest BCUT2D eigenvalue weighted by atomic mass is 9.89. The normalized spacial score (nSPS) is 16.8. The van der Waals surface area contributed by atoms with E-state index in [2.05, 4.69) is 21.9 Å². The summed E-state index contributed by atoms with van der Waals surface area (Å²) in [6, 6.07) is 0. The zero-order chi connectivity index (χ0) is 13.1. The minimum Gasteiger partial charge on any atom is -0.383 e. The van der Waals surface area contributed by atoms with Crippen LogP contribution in [0.25, 0.3) is 0 Å². The number of nitrogens with two attached hydrogens (primary N) is 1. The first-order chi connectivity index (χ1) is 8.58. The first-order valence-corrected chi connectivity index (χ1v) is 6.89. The number of anilines is 2. The third-order valence-corrected chi connectivity index (χ3v) is 3.89. The van der Waals surface area contributed by atoms with Crippen LogP contribution in [0.4, 0.5) is 11.6 Å². The SMILES string of the molecule is Cc1nc(N)c(C)c(N(C)CC2CCCCC2)n1. The van der Waals surface area contributed by atoms with Gasteiger partial charge in [-0.05, 0) is 32.6 Å². The van der Waals surface area contributed by atoms with Gasteiger partial charge in [-0.25, -0.2) is 9.97 Å². The van der Waals surface area contributed by atoms with Crippen LogP contribution in [-0.4, -0.2) is 23.6 Å². The van der Waals surface area contributed by atoms with E-state index in [1.165, 1.54) is 32.1 Å². The average molecular weight is 248 g/mol. The fraction of sp³-hybridized carbons (Fsp3) is 0.714. The lowest BCUT2D eigenvalue weighted by molar-refractivity contribution is 0.361. The number of aromatic nitrogens is 2. The van der Waals surface area contributed by atoms with E-state index in [-0.39, 0.29) is 0 Å². The Morgan fingerprint density at radius 3 is 2.50 bits per heavy atom. The number of nitrogens with zero attached hydrogens (tertiary/aromatic N) is 3. The molecule has 1 saturated carbocycles. The van der Waals surface area contributed by atoms with Crippen molar-refractivity contribution in [3.8, 4) is 0 Å². The molecule has 1 aromatic heterocycles. The average Bonchev–Trinajstić information content (AvgIpc) is 2.35.